The molecule has 1 heterocycles. The van der Waals surface area contributed by atoms with Crippen LogP contribution in [0.15, 0.2) is 29.8 Å². The van der Waals surface area contributed by atoms with Gasteiger partial charge in [0.1, 0.15) is 5.75 Å². The molecule has 0 aliphatic carbocycles. The number of ether oxygens (including phenoxy) is 1. The summed E-state index contributed by atoms with van der Waals surface area (Å²) in [5.41, 5.74) is 1.24. The number of benzene rings is 1. The molecular weight excluding hydrogens is 299 g/mol. The van der Waals surface area contributed by atoms with Gasteiger partial charge in [-0.25, -0.2) is 0 Å². The number of amides is 1. The highest BCUT2D eigenvalue weighted by Gasteiger charge is 2.07. The van der Waals surface area contributed by atoms with Crippen molar-refractivity contribution in [3.05, 3.63) is 39.9 Å². The predicted octanol–water partition coefficient (Wildman–Crippen LogP) is 2.41. The van der Waals surface area contributed by atoms with E-state index in [4.69, 9.17) is 27.9 Å². The van der Waals surface area contributed by atoms with Gasteiger partial charge in [-0.1, -0.05) is 34.9 Å². The highest BCUT2D eigenvalue weighted by atomic mass is 35.5. The molecule has 20 heavy (non-hydrogen) atoms. The predicted molar refractivity (Wildman–Crippen MR) is 80.5 cm³/mol. The van der Waals surface area contributed by atoms with Crippen molar-refractivity contribution in [2.75, 3.05) is 26.2 Å². The van der Waals surface area contributed by atoms with Crippen LogP contribution in [0.3, 0.4) is 0 Å². The third-order valence-electron chi connectivity index (χ3n) is 2.93. The molecule has 1 amide bonds. The number of halogens is 2. The molecule has 4 nitrogen and oxygen atoms in total. The number of rotatable bonds is 5. The Kier molecular flexibility index (Phi) is 5.71. The highest BCUT2D eigenvalue weighted by molar-refractivity contribution is 6.42. The van der Waals surface area contributed by atoms with E-state index in [1.54, 1.807) is 18.2 Å². The zero-order chi connectivity index (χ0) is 14.4. The molecule has 1 aliphatic heterocycles. The smallest absolute Gasteiger partial charge is 0.258 e. The minimum atomic E-state index is -0.157. The van der Waals surface area contributed by atoms with Crippen molar-refractivity contribution in [3.63, 3.8) is 0 Å². The summed E-state index contributed by atoms with van der Waals surface area (Å²) >= 11 is 11.7. The minimum Gasteiger partial charge on any atom is -0.484 e. The van der Waals surface area contributed by atoms with Gasteiger partial charge >= 0.3 is 0 Å². The van der Waals surface area contributed by atoms with Gasteiger partial charge < -0.3 is 15.4 Å². The van der Waals surface area contributed by atoms with Crippen LogP contribution in [0.1, 0.15) is 6.42 Å². The number of carbonyl (C=O) groups is 1. The number of hydrogen-bond acceptors (Lipinski definition) is 3. The zero-order valence-corrected chi connectivity index (χ0v) is 12.4. The molecule has 0 fully saturated rings. The third-order valence-corrected chi connectivity index (χ3v) is 3.67. The Morgan fingerprint density at radius 2 is 2.20 bits per heavy atom. The first-order valence-corrected chi connectivity index (χ1v) is 7.14. The van der Waals surface area contributed by atoms with Crippen LogP contribution < -0.4 is 15.4 Å². The van der Waals surface area contributed by atoms with Crippen molar-refractivity contribution in [1.29, 1.82) is 0 Å². The van der Waals surface area contributed by atoms with Crippen LogP contribution in [-0.4, -0.2) is 32.1 Å². The summed E-state index contributed by atoms with van der Waals surface area (Å²) in [6.07, 6.45) is 3.07. The average molecular weight is 315 g/mol. The van der Waals surface area contributed by atoms with Crippen LogP contribution in [0.5, 0.6) is 5.75 Å². The molecule has 108 valence electrons. The molecule has 0 atom stereocenters. The van der Waals surface area contributed by atoms with Crippen molar-refractivity contribution in [2.45, 2.75) is 6.42 Å². The Balaban J connectivity index is 1.74. The normalized spacial score (nSPS) is 14.6. The van der Waals surface area contributed by atoms with Crippen LogP contribution in [0.2, 0.25) is 10.0 Å². The quantitative estimate of drug-likeness (QED) is 0.821. The molecule has 0 aromatic heterocycles. The molecule has 6 heteroatoms. The van der Waals surface area contributed by atoms with E-state index in [9.17, 15) is 4.79 Å². The van der Waals surface area contributed by atoms with E-state index in [-0.39, 0.29) is 12.5 Å². The first-order valence-electron chi connectivity index (χ1n) is 6.38. The summed E-state index contributed by atoms with van der Waals surface area (Å²) < 4.78 is 5.36. The molecule has 1 aliphatic rings. The van der Waals surface area contributed by atoms with Crippen LogP contribution >= 0.6 is 23.2 Å². The Labute approximate surface area is 128 Å². The lowest BCUT2D eigenvalue weighted by molar-refractivity contribution is -0.122. The van der Waals surface area contributed by atoms with Crippen LogP contribution in [0, 0.1) is 0 Å². The standard InChI is InChI=1S/C14H16Cl2N2O2/c15-12-2-1-11(7-13(12)16)20-9-14(19)18-8-10-3-5-17-6-4-10/h1-3,7,17H,4-6,8-9H2,(H,18,19). The van der Waals surface area contributed by atoms with Gasteiger partial charge in [-0.3, -0.25) is 4.79 Å². The number of carbonyl (C=O) groups excluding carboxylic acids is 1. The van der Waals surface area contributed by atoms with E-state index in [1.165, 1.54) is 5.57 Å². The van der Waals surface area contributed by atoms with E-state index in [2.05, 4.69) is 16.7 Å². The summed E-state index contributed by atoms with van der Waals surface area (Å²) in [6.45, 7) is 2.36. The second-order valence-corrected chi connectivity index (χ2v) is 5.27. The maximum Gasteiger partial charge on any atom is 0.258 e. The average Bonchev–Trinajstić information content (AvgIpc) is 2.47. The largest absolute Gasteiger partial charge is 0.484 e. The minimum absolute atomic E-state index is 0.0382. The summed E-state index contributed by atoms with van der Waals surface area (Å²) in [5, 5.41) is 6.92. The molecule has 1 aromatic rings. The van der Waals surface area contributed by atoms with Gasteiger partial charge in [-0.15, -0.1) is 0 Å². The fourth-order valence-corrected chi connectivity index (χ4v) is 2.10. The lowest BCUT2D eigenvalue weighted by Gasteiger charge is -2.14. The molecular formula is C14H16Cl2N2O2. The first-order chi connectivity index (χ1) is 9.65. The van der Waals surface area contributed by atoms with Crippen LogP contribution in [0.25, 0.3) is 0 Å². The maximum absolute atomic E-state index is 11.7. The molecule has 0 bridgehead atoms. The molecule has 1 aromatic carbocycles. The molecule has 0 radical (unpaired) electrons. The van der Waals surface area contributed by atoms with Gasteiger partial charge in [0.2, 0.25) is 0 Å². The zero-order valence-electron chi connectivity index (χ0n) is 10.9. The van der Waals surface area contributed by atoms with Crippen LogP contribution in [-0.2, 0) is 4.79 Å². The van der Waals surface area contributed by atoms with Gasteiger partial charge in [-0.2, -0.15) is 0 Å². The van der Waals surface area contributed by atoms with Gasteiger partial charge in [0, 0.05) is 19.2 Å². The van der Waals surface area contributed by atoms with Gasteiger partial charge in [0.25, 0.3) is 5.91 Å². The molecule has 2 N–H and O–H groups in total. The summed E-state index contributed by atoms with van der Waals surface area (Å²) in [6, 6.07) is 4.90. The highest BCUT2D eigenvalue weighted by Crippen LogP contribution is 2.26. The van der Waals surface area contributed by atoms with Gasteiger partial charge in [0.05, 0.1) is 10.0 Å². The van der Waals surface area contributed by atoms with Gasteiger partial charge in [-0.05, 0) is 25.1 Å². The van der Waals surface area contributed by atoms with E-state index in [1.807, 2.05) is 0 Å². The van der Waals surface area contributed by atoms with E-state index >= 15 is 0 Å². The Hall–Kier alpha value is -1.23. The Morgan fingerprint density at radius 1 is 1.35 bits per heavy atom. The Bertz CT molecular complexity index is 518. The molecule has 0 saturated carbocycles. The van der Waals surface area contributed by atoms with Crippen molar-refractivity contribution in [2.24, 2.45) is 0 Å². The van der Waals surface area contributed by atoms with Crippen molar-refractivity contribution >= 4 is 29.1 Å². The number of hydrogen-bond donors (Lipinski definition) is 2. The topological polar surface area (TPSA) is 50.4 Å². The fourth-order valence-electron chi connectivity index (χ4n) is 1.81. The number of nitrogens with one attached hydrogen (secondary N) is 2. The fraction of sp³-hybridized carbons (Fsp3) is 0.357. The van der Waals surface area contributed by atoms with Crippen molar-refractivity contribution in [1.82, 2.24) is 10.6 Å². The molecule has 0 unspecified atom stereocenters. The molecule has 2 rings (SSSR count). The maximum atomic E-state index is 11.7. The second-order valence-electron chi connectivity index (χ2n) is 4.46. The first kappa shape index (κ1) is 15.2. The van der Waals surface area contributed by atoms with E-state index in [0.29, 0.717) is 22.3 Å². The van der Waals surface area contributed by atoms with E-state index in [0.717, 1.165) is 19.5 Å². The SMILES string of the molecule is O=C(COc1ccc(Cl)c(Cl)c1)NCC1=CCNCC1. The lowest BCUT2D eigenvalue weighted by Crippen LogP contribution is -2.32. The lowest BCUT2D eigenvalue weighted by atomic mass is 10.1. The van der Waals surface area contributed by atoms with Crippen LogP contribution in [0.4, 0.5) is 0 Å². The van der Waals surface area contributed by atoms with Gasteiger partial charge in [0.15, 0.2) is 6.61 Å². The van der Waals surface area contributed by atoms with Crippen molar-refractivity contribution < 1.29 is 9.53 Å². The summed E-state index contributed by atoms with van der Waals surface area (Å²) in [5.74, 6) is 0.367. The monoisotopic (exact) mass is 314 g/mol. The molecule has 0 saturated heterocycles. The third kappa shape index (κ3) is 4.71. The van der Waals surface area contributed by atoms with E-state index < -0.39 is 0 Å². The molecule has 0 spiro atoms. The second kappa shape index (κ2) is 7.53. The van der Waals surface area contributed by atoms with Crippen molar-refractivity contribution in [3.8, 4) is 5.75 Å². The Morgan fingerprint density at radius 3 is 2.90 bits per heavy atom. The summed E-state index contributed by atoms with van der Waals surface area (Å²) in [7, 11) is 0. The summed E-state index contributed by atoms with van der Waals surface area (Å²) in [4.78, 5) is 11.7.